The number of nitrogens with one attached hydrogen (secondary N) is 1. The number of carbonyl (C=O) groups excluding carboxylic acids is 1. The first kappa shape index (κ1) is 18.5. The molecule has 2 aromatic rings. The van der Waals surface area contributed by atoms with Crippen LogP contribution in [0.15, 0.2) is 36.7 Å². The zero-order chi connectivity index (χ0) is 19.2. The number of carbonyl (C=O) groups is 1. The Morgan fingerprint density at radius 2 is 1.93 bits per heavy atom. The quantitative estimate of drug-likeness (QED) is 0.427. The molecule has 0 saturated carbocycles. The van der Waals surface area contributed by atoms with E-state index in [9.17, 15) is 14.9 Å². The van der Waals surface area contributed by atoms with Crippen molar-refractivity contribution in [3.05, 3.63) is 52.3 Å². The second-order valence-electron chi connectivity index (χ2n) is 6.16. The van der Waals surface area contributed by atoms with Crippen LogP contribution in [0.1, 0.15) is 10.4 Å². The minimum Gasteiger partial charge on any atom is -0.393 e. The minimum atomic E-state index is -0.595. The molecular weight excluding hydrogens is 350 g/mol. The van der Waals surface area contributed by atoms with Crippen molar-refractivity contribution in [2.45, 2.75) is 0 Å². The molecule has 2 heterocycles. The van der Waals surface area contributed by atoms with E-state index < -0.39 is 4.92 Å². The third-order valence-corrected chi connectivity index (χ3v) is 4.41. The highest BCUT2D eigenvalue weighted by Crippen LogP contribution is 2.22. The Balaban J connectivity index is 1.45. The lowest BCUT2D eigenvalue weighted by atomic mass is 10.1. The van der Waals surface area contributed by atoms with Crippen LogP contribution in [0.2, 0.25) is 0 Å². The molecule has 0 aliphatic carbocycles. The largest absolute Gasteiger partial charge is 0.393 e. The third kappa shape index (κ3) is 4.67. The monoisotopic (exact) mass is 371 g/mol. The van der Waals surface area contributed by atoms with E-state index in [1.54, 1.807) is 18.5 Å². The summed E-state index contributed by atoms with van der Waals surface area (Å²) < 4.78 is 0. The lowest BCUT2D eigenvalue weighted by Crippen LogP contribution is -2.49. The molecule has 3 rings (SSSR count). The molecule has 0 unspecified atom stereocenters. The maximum absolute atomic E-state index is 12.2. The SMILES string of the molecule is Nc1ccc(C(=O)NCCN2CCN(c3ncccn3)CC2)cc1[N+](=O)[O-]. The van der Waals surface area contributed by atoms with Crippen LogP contribution in [0.5, 0.6) is 0 Å². The van der Waals surface area contributed by atoms with Gasteiger partial charge in [-0.3, -0.25) is 19.8 Å². The lowest BCUT2D eigenvalue weighted by molar-refractivity contribution is -0.383. The predicted octanol–water partition coefficient (Wildman–Crippen LogP) is 0.519. The Kier molecular flexibility index (Phi) is 5.77. The maximum Gasteiger partial charge on any atom is 0.292 e. The van der Waals surface area contributed by atoms with Gasteiger partial charge in [0.1, 0.15) is 5.69 Å². The molecule has 10 heteroatoms. The summed E-state index contributed by atoms with van der Waals surface area (Å²) in [6, 6.07) is 5.84. The highest BCUT2D eigenvalue weighted by molar-refractivity contribution is 5.95. The average molecular weight is 371 g/mol. The van der Waals surface area contributed by atoms with Gasteiger partial charge in [-0.1, -0.05) is 0 Å². The van der Waals surface area contributed by atoms with Crippen molar-refractivity contribution in [3.63, 3.8) is 0 Å². The molecule has 10 nitrogen and oxygen atoms in total. The van der Waals surface area contributed by atoms with Gasteiger partial charge in [0.15, 0.2) is 0 Å². The van der Waals surface area contributed by atoms with Gasteiger partial charge in [0.05, 0.1) is 4.92 Å². The number of aromatic nitrogens is 2. The van der Waals surface area contributed by atoms with E-state index in [-0.39, 0.29) is 22.8 Å². The maximum atomic E-state index is 12.2. The summed E-state index contributed by atoms with van der Waals surface area (Å²) in [6.07, 6.45) is 3.46. The van der Waals surface area contributed by atoms with Gasteiger partial charge in [-0.25, -0.2) is 9.97 Å². The van der Waals surface area contributed by atoms with Gasteiger partial charge in [0.25, 0.3) is 11.6 Å². The first-order valence-electron chi connectivity index (χ1n) is 8.61. The molecule has 27 heavy (non-hydrogen) atoms. The molecular formula is C17H21N7O3. The molecule has 142 valence electrons. The van der Waals surface area contributed by atoms with Gasteiger partial charge in [-0.05, 0) is 18.2 Å². The van der Waals surface area contributed by atoms with Gasteiger partial charge in [0, 0.05) is 63.3 Å². The number of hydrogen-bond acceptors (Lipinski definition) is 8. The summed E-state index contributed by atoms with van der Waals surface area (Å²) in [7, 11) is 0. The number of piperazine rings is 1. The number of nitro benzene ring substituents is 1. The molecule has 3 N–H and O–H groups in total. The zero-order valence-corrected chi connectivity index (χ0v) is 14.7. The fourth-order valence-corrected chi connectivity index (χ4v) is 2.90. The summed E-state index contributed by atoms with van der Waals surface area (Å²) in [5, 5.41) is 13.7. The molecule has 1 aliphatic heterocycles. The third-order valence-electron chi connectivity index (χ3n) is 4.41. The normalized spacial score (nSPS) is 14.7. The number of nitrogens with two attached hydrogens (primary N) is 1. The van der Waals surface area contributed by atoms with Crippen LogP contribution < -0.4 is 16.0 Å². The molecule has 0 spiro atoms. The number of hydrogen-bond donors (Lipinski definition) is 2. The Morgan fingerprint density at radius 1 is 1.22 bits per heavy atom. The van der Waals surface area contributed by atoms with E-state index in [1.807, 2.05) is 0 Å². The van der Waals surface area contributed by atoms with Crippen molar-refractivity contribution in [2.24, 2.45) is 0 Å². The van der Waals surface area contributed by atoms with Crippen LogP contribution in [0.25, 0.3) is 0 Å². The first-order valence-corrected chi connectivity index (χ1v) is 8.61. The van der Waals surface area contributed by atoms with E-state index in [0.29, 0.717) is 13.1 Å². The average Bonchev–Trinajstić information content (AvgIpc) is 2.69. The molecule has 1 aromatic carbocycles. The van der Waals surface area contributed by atoms with Crippen molar-refractivity contribution in [2.75, 3.05) is 49.9 Å². The molecule has 0 radical (unpaired) electrons. The Bertz CT molecular complexity index is 807. The van der Waals surface area contributed by atoms with Crippen molar-refractivity contribution < 1.29 is 9.72 Å². The predicted molar refractivity (Wildman–Crippen MR) is 101 cm³/mol. The van der Waals surface area contributed by atoms with E-state index in [2.05, 4.69) is 25.1 Å². The Labute approximate surface area is 156 Å². The van der Waals surface area contributed by atoms with Crippen molar-refractivity contribution in [1.82, 2.24) is 20.2 Å². The Morgan fingerprint density at radius 3 is 2.59 bits per heavy atom. The number of nitrogens with zero attached hydrogens (tertiary/aromatic N) is 5. The first-order chi connectivity index (χ1) is 13.0. The van der Waals surface area contributed by atoms with E-state index in [1.165, 1.54) is 18.2 Å². The number of amides is 1. The smallest absolute Gasteiger partial charge is 0.292 e. The van der Waals surface area contributed by atoms with Crippen LogP contribution in [0, 0.1) is 10.1 Å². The summed E-state index contributed by atoms with van der Waals surface area (Å²) in [4.78, 5) is 35.4. The van der Waals surface area contributed by atoms with Crippen LogP contribution in [0.3, 0.4) is 0 Å². The van der Waals surface area contributed by atoms with E-state index >= 15 is 0 Å². The molecule has 1 amide bonds. The lowest BCUT2D eigenvalue weighted by Gasteiger charge is -2.34. The van der Waals surface area contributed by atoms with Crippen molar-refractivity contribution in [3.8, 4) is 0 Å². The molecule has 0 bridgehead atoms. The molecule has 1 fully saturated rings. The number of benzene rings is 1. The minimum absolute atomic E-state index is 0.0387. The standard InChI is InChI=1S/C17H21N7O3/c18-14-3-2-13(12-15(14)24(26)27)16(25)19-6-7-22-8-10-23(11-9-22)17-20-4-1-5-21-17/h1-5,12H,6-11,18H2,(H,19,25). The van der Waals surface area contributed by atoms with Gasteiger partial charge >= 0.3 is 0 Å². The van der Waals surface area contributed by atoms with Gasteiger partial charge in [-0.15, -0.1) is 0 Å². The summed E-state index contributed by atoms with van der Waals surface area (Å²) in [6.45, 7) is 4.50. The molecule has 1 aromatic heterocycles. The van der Waals surface area contributed by atoms with Crippen LogP contribution >= 0.6 is 0 Å². The number of anilines is 2. The fourth-order valence-electron chi connectivity index (χ4n) is 2.90. The topological polar surface area (TPSA) is 131 Å². The van der Waals surface area contributed by atoms with Gasteiger partial charge in [-0.2, -0.15) is 0 Å². The number of nitrogen functional groups attached to an aromatic ring is 1. The van der Waals surface area contributed by atoms with Crippen LogP contribution in [-0.4, -0.2) is 65.0 Å². The molecule has 1 aliphatic rings. The van der Waals surface area contributed by atoms with E-state index in [4.69, 9.17) is 5.73 Å². The van der Waals surface area contributed by atoms with Gasteiger partial charge in [0.2, 0.25) is 5.95 Å². The number of rotatable bonds is 6. The van der Waals surface area contributed by atoms with E-state index in [0.717, 1.165) is 32.1 Å². The van der Waals surface area contributed by atoms with Gasteiger partial charge < -0.3 is 16.0 Å². The molecule has 0 atom stereocenters. The zero-order valence-electron chi connectivity index (χ0n) is 14.7. The second-order valence-corrected chi connectivity index (χ2v) is 6.16. The fraction of sp³-hybridized carbons (Fsp3) is 0.353. The highest BCUT2D eigenvalue weighted by atomic mass is 16.6. The second kappa shape index (κ2) is 8.41. The summed E-state index contributed by atoms with van der Waals surface area (Å²) >= 11 is 0. The van der Waals surface area contributed by atoms with Crippen LogP contribution in [0.4, 0.5) is 17.3 Å². The number of nitro groups is 1. The van der Waals surface area contributed by atoms with Crippen molar-refractivity contribution >= 4 is 23.2 Å². The molecule has 1 saturated heterocycles. The summed E-state index contributed by atoms with van der Waals surface area (Å²) in [5.74, 6) is 0.379. The highest BCUT2D eigenvalue weighted by Gasteiger charge is 2.19. The summed E-state index contributed by atoms with van der Waals surface area (Å²) in [5.41, 5.74) is 5.55. The van der Waals surface area contributed by atoms with Crippen LogP contribution in [-0.2, 0) is 0 Å². The Hall–Kier alpha value is -3.27. The van der Waals surface area contributed by atoms with Crippen molar-refractivity contribution in [1.29, 1.82) is 0 Å².